The molecule has 0 spiro atoms. The number of aromatic nitrogens is 2. The Bertz CT molecular complexity index is 519. The van der Waals surface area contributed by atoms with E-state index in [2.05, 4.69) is 18.8 Å². The van der Waals surface area contributed by atoms with E-state index in [0.29, 0.717) is 17.3 Å². The van der Waals surface area contributed by atoms with E-state index in [1.807, 2.05) is 10.6 Å². The van der Waals surface area contributed by atoms with Crippen LogP contribution in [0.25, 0.3) is 11.0 Å². The molecule has 0 fully saturated rings. The molecular formula is C13H16ClFN2. The van der Waals surface area contributed by atoms with Crippen LogP contribution in [0.2, 0.25) is 0 Å². The van der Waals surface area contributed by atoms with E-state index in [4.69, 9.17) is 11.6 Å². The van der Waals surface area contributed by atoms with Crippen LogP contribution in [0.5, 0.6) is 0 Å². The minimum atomic E-state index is -0.280. The summed E-state index contributed by atoms with van der Waals surface area (Å²) in [4.78, 5) is 4.26. The van der Waals surface area contributed by atoms with Crippen LogP contribution in [0.4, 0.5) is 4.39 Å². The van der Waals surface area contributed by atoms with Crippen LogP contribution in [0.3, 0.4) is 0 Å². The van der Waals surface area contributed by atoms with Crippen LogP contribution in [0, 0.1) is 11.7 Å². The predicted molar refractivity (Wildman–Crippen MR) is 68.7 cm³/mol. The van der Waals surface area contributed by atoms with Crippen molar-refractivity contribution in [2.45, 2.75) is 32.7 Å². The fourth-order valence-corrected chi connectivity index (χ4v) is 2.10. The highest BCUT2D eigenvalue weighted by atomic mass is 35.5. The third-order valence-corrected chi connectivity index (χ3v) is 3.10. The van der Waals surface area contributed by atoms with Crippen LogP contribution < -0.4 is 0 Å². The molecular weight excluding hydrogens is 239 g/mol. The second-order valence-electron chi connectivity index (χ2n) is 4.60. The van der Waals surface area contributed by atoms with Gasteiger partial charge in [-0.1, -0.05) is 19.9 Å². The molecule has 1 aromatic carbocycles. The van der Waals surface area contributed by atoms with Crippen LogP contribution in [0.15, 0.2) is 18.2 Å². The molecule has 2 nitrogen and oxygen atoms in total. The molecule has 1 heterocycles. The number of imidazole rings is 1. The van der Waals surface area contributed by atoms with Crippen LogP contribution in [-0.4, -0.2) is 9.55 Å². The third kappa shape index (κ3) is 2.44. The van der Waals surface area contributed by atoms with Crippen molar-refractivity contribution in [1.29, 1.82) is 0 Å². The summed E-state index contributed by atoms with van der Waals surface area (Å²) in [6.07, 6.45) is 1.03. The molecule has 2 aromatic rings. The molecule has 2 rings (SSSR count). The Morgan fingerprint density at radius 1 is 1.41 bits per heavy atom. The molecule has 0 aliphatic carbocycles. The molecule has 1 aromatic heterocycles. The van der Waals surface area contributed by atoms with E-state index in [1.165, 1.54) is 6.07 Å². The molecule has 17 heavy (non-hydrogen) atoms. The highest BCUT2D eigenvalue weighted by Gasteiger charge is 2.12. The van der Waals surface area contributed by atoms with Gasteiger partial charge in [-0.15, -0.1) is 11.6 Å². The molecule has 0 atom stereocenters. The van der Waals surface area contributed by atoms with Gasteiger partial charge in [-0.05, 0) is 24.5 Å². The van der Waals surface area contributed by atoms with E-state index < -0.39 is 0 Å². The Morgan fingerprint density at radius 2 is 2.18 bits per heavy atom. The number of halogens is 2. The number of rotatable bonds is 4. The number of nitrogens with zero attached hydrogens (tertiary/aromatic N) is 2. The lowest BCUT2D eigenvalue weighted by Gasteiger charge is -2.09. The van der Waals surface area contributed by atoms with Gasteiger partial charge in [0.1, 0.15) is 11.3 Å². The Morgan fingerprint density at radius 3 is 2.82 bits per heavy atom. The third-order valence-electron chi connectivity index (χ3n) is 2.86. The molecule has 0 N–H and O–H groups in total. The van der Waals surface area contributed by atoms with E-state index in [-0.39, 0.29) is 5.82 Å². The number of hydrogen-bond donors (Lipinski definition) is 0. The number of aryl methyl sites for hydroxylation is 1. The van der Waals surface area contributed by atoms with Gasteiger partial charge in [0.05, 0.1) is 11.4 Å². The Kier molecular flexibility index (Phi) is 3.67. The average Bonchev–Trinajstić information content (AvgIpc) is 2.66. The Balaban J connectivity index is 2.47. The van der Waals surface area contributed by atoms with Gasteiger partial charge in [-0.3, -0.25) is 0 Å². The van der Waals surface area contributed by atoms with Gasteiger partial charge in [0.25, 0.3) is 0 Å². The van der Waals surface area contributed by atoms with Gasteiger partial charge in [-0.25, -0.2) is 9.37 Å². The van der Waals surface area contributed by atoms with Crippen molar-refractivity contribution >= 4 is 22.6 Å². The summed E-state index contributed by atoms with van der Waals surface area (Å²) in [6, 6.07) is 5.03. The predicted octanol–water partition coefficient (Wildman–Crippen LogP) is 3.96. The zero-order chi connectivity index (χ0) is 12.4. The largest absolute Gasteiger partial charge is 0.327 e. The minimum Gasteiger partial charge on any atom is -0.327 e. The fourth-order valence-electron chi connectivity index (χ4n) is 1.90. The van der Waals surface area contributed by atoms with Gasteiger partial charge < -0.3 is 4.57 Å². The SMILES string of the molecule is CC(C)CCn1c(CCl)nc2c(F)cccc21. The zero-order valence-electron chi connectivity index (χ0n) is 10.1. The second kappa shape index (κ2) is 5.05. The molecule has 0 aliphatic rings. The number of fused-ring (bicyclic) bond motifs is 1. The first kappa shape index (κ1) is 12.4. The normalized spacial score (nSPS) is 11.6. The molecule has 0 aliphatic heterocycles. The van der Waals surface area contributed by atoms with Crippen molar-refractivity contribution in [3.8, 4) is 0 Å². The molecule has 0 radical (unpaired) electrons. The highest BCUT2D eigenvalue weighted by molar-refractivity contribution is 6.16. The fraction of sp³-hybridized carbons (Fsp3) is 0.462. The summed E-state index contributed by atoms with van der Waals surface area (Å²) in [7, 11) is 0. The molecule has 0 bridgehead atoms. The van der Waals surface area contributed by atoms with E-state index in [0.717, 1.165) is 24.3 Å². The first-order valence-electron chi connectivity index (χ1n) is 5.83. The lowest BCUT2D eigenvalue weighted by molar-refractivity contribution is 0.516. The molecule has 0 unspecified atom stereocenters. The molecule has 92 valence electrons. The van der Waals surface area contributed by atoms with Crippen molar-refractivity contribution in [1.82, 2.24) is 9.55 Å². The molecule has 4 heteroatoms. The maximum atomic E-state index is 13.6. The van der Waals surface area contributed by atoms with Crippen molar-refractivity contribution in [2.24, 2.45) is 5.92 Å². The van der Waals surface area contributed by atoms with Gasteiger partial charge in [0.2, 0.25) is 0 Å². The lowest BCUT2D eigenvalue weighted by Crippen LogP contribution is -2.04. The second-order valence-corrected chi connectivity index (χ2v) is 4.87. The van der Waals surface area contributed by atoms with E-state index in [1.54, 1.807) is 6.07 Å². The smallest absolute Gasteiger partial charge is 0.151 e. The Labute approximate surface area is 105 Å². The monoisotopic (exact) mass is 254 g/mol. The number of alkyl halides is 1. The number of para-hydroxylation sites is 1. The van der Waals surface area contributed by atoms with Crippen molar-refractivity contribution in [3.63, 3.8) is 0 Å². The number of benzene rings is 1. The summed E-state index contributed by atoms with van der Waals surface area (Å²) < 4.78 is 15.6. The zero-order valence-corrected chi connectivity index (χ0v) is 10.8. The lowest BCUT2D eigenvalue weighted by atomic mass is 10.1. The van der Waals surface area contributed by atoms with E-state index in [9.17, 15) is 4.39 Å². The molecule has 0 saturated carbocycles. The van der Waals surface area contributed by atoms with Gasteiger partial charge >= 0.3 is 0 Å². The quantitative estimate of drug-likeness (QED) is 0.755. The van der Waals surface area contributed by atoms with E-state index >= 15 is 0 Å². The van der Waals surface area contributed by atoms with Crippen LogP contribution in [-0.2, 0) is 12.4 Å². The first-order valence-corrected chi connectivity index (χ1v) is 6.36. The summed E-state index contributed by atoms with van der Waals surface area (Å²) in [5.74, 6) is 1.38. The maximum Gasteiger partial charge on any atom is 0.151 e. The van der Waals surface area contributed by atoms with Gasteiger partial charge in [0.15, 0.2) is 5.82 Å². The molecule has 0 saturated heterocycles. The minimum absolute atomic E-state index is 0.280. The summed E-state index contributed by atoms with van der Waals surface area (Å²) in [5.41, 5.74) is 1.26. The van der Waals surface area contributed by atoms with Gasteiger partial charge in [0, 0.05) is 6.54 Å². The Hall–Kier alpha value is -1.09. The summed E-state index contributed by atoms with van der Waals surface area (Å²) in [6.45, 7) is 5.17. The van der Waals surface area contributed by atoms with Crippen molar-refractivity contribution in [3.05, 3.63) is 29.8 Å². The van der Waals surface area contributed by atoms with Gasteiger partial charge in [-0.2, -0.15) is 0 Å². The molecule has 0 amide bonds. The maximum absolute atomic E-state index is 13.6. The summed E-state index contributed by atoms with van der Waals surface area (Å²) in [5, 5.41) is 0. The van der Waals surface area contributed by atoms with Crippen molar-refractivity contribution in [2.75, 3.05) is 0 Å². The number of hydrogen-bond acceptors (Lipinski definition) is 1. The van der Waals surface area contributed by atoms with Crippen LogP contribution >= 0.6 is 11.6 Å². The average molecular weight is 255 g/mol. The van der Waals surface area contributed by atoms with Crippen LogP contribution in [0.1, 0.15) is 26.1 Å². The van der Waals surface area contributed by atoms with Crippen molar-refractivity contribution < 1.29 is 4.39 Å². The first-order chi connectivity index (χ1) is 8.13. The highest BCUT2D eigenvalue weighted by Crippen LogP contribution is 2.21. The standard InChI is InChI=1S/C13H16ClFN2/c1-9(2)6-7-17-11-5-3-4-10(15)13(11)16-12(17)8-14/h3-5,9H,6-8H2,1-2H3. The summed E-state index contributed by atoms with van der Waals surface area (Å²) >= 11 is 5.87. The topological polar surface area (TPSA) is 17.8 Å².